The smallest absolute Gasteiger partial charge is 0.358 e. The first kappa shape index (κ1) is 98.4. The summed E-state index contributed by atoms with van der Waals surface area (Å²) in [7, 11) is 3.72. The number of ether oxygens (including phenoxy) is 5. The molecule has 4 fully saturated rings. The number of carboxylic acids is 1. The van der Waals surface area contributed by atoms with Crippen LogP contribution in [0.4, 0.5) is 21.9 Å². The lowest BCUT2D eigenvalue weighted by Gasteiger charge is -2.34. The number of benzene rings is 8. The van der Waals surface area contributed by atoms with Crippen molar-refractivity contribution in [2.45, 2.75) is 129 Å². The number of aryl methyl sites for hydroxylation is 2. The molecule has 8 aromatic carbocycles. The zero-order valence-electron chi connectivity index (χ0n) is 82.0. The van der Waals surface area contributed by atoms with Crippen LogP contribution in [0.15, 0.2) is 182 Å². The maximum atomic E-state index is 14.0. The number of esters is 1. The average Bonchev–Trinajstić information content (AvgIpc) is 1.75. The largest absolute Gasteiger partial charge is 0.493 e. The fraction of sp³-hybridized carbons (Fsp3) is 0.364. The molecule has 0 radical (unpaired) electrons. The molecule has 14 aromatic rings. The SMILES string of the molecule is Cc1c(OCCCN2CCN(CCCOc3ccc4c(C5CCC(=O)NC5=O)nn(C)c4c3)CC2)cccc1-c1ccc(N2CCc3cccc(C(=O)Nc4nc5ccccc5s4)c3C2)nc1C(=O)O.Cc1c(OCCCN2CCN(CCCOc3ccc4c(C5CCC(=O)NC5=O)nn(C)c4c3)CC2)cccc1-c1ccc(N2CCc3cccc(C(=O)Nc4nc5ccccc5s4)c3C2)nc1C(=O)OC(C)(C)C. The molecule has 0 spiro atoms. The summed E-state index contributed by atoms with van der Waals surface area (Å²) in [5.74, 6) is 0.168. The second-order valence-corrected chi connectivity index (χ2v) is 40.5. The number of hydrogen-bond donors (Lipinski definition) is 5. The third-order valence-electron chi connectivity index (χ3n) is 27.7. The summed E-state index contributed by atoms with van der Waals surface area (Å²) < 4.78 is 36.6. The fourth-order valence-electron chi connectivity index (χ4n) is 20.1. The minimum Gasteiger partial charge on any atom is -0.493 e. The summed E-state index contributed by atoms with van der Waals surface area (Å²) in [5, 5.41) is 33.5. The van der Waals surface area contributed by atoms with Gasteiger partial charge in [-0.1, -0.05) is 95.5 Å². The number of piperazine rings is 2. The number of thiazole rings is 2. The molecule has 6 amide bonds. The topological polar surface area (TPSA) is 358 Å². The van der Waals surface area contributed by atoms with Gasteiger partial charge in [-0.15, -0.1) is 0 Å². The number of pyridine rings is 2. The number of fused-ring (bicyclic) bond motifs is 6. The van der Waals surface area contributed by atoms with E-state index in [1.54, 1.807) is 9.36 Å². The average molecular weight is 1980 g/mol. The van der Waals surface area contributed by atoms with Crippen LogP contribution < -0.4 is 50.0 Å². The van der Waals surface area contributed by atoms with E-state index in [-0.39, 0.29) is 46.8 Å². The summed E-state index contributed by atoms with van der Waals surface area (Å²) in [5.41, 5.74) is 14.0. The second-order valence-electron chi connectivity index (χ2n) is 38.5. The van der Waals surface area contributed by atoms with Gasteiger partial charge in [-0.2, -0.15) is 10.2 Å². The van der Waals surface area contributed by atoms with E-state index in [0.29, 0.717) is 152 Å². The highest BCUT2D eigenvalue weighted by molar-refractivity contribution is 7.22. The van der Waals surface area contributed by atoms with Gasteiger partial charge in [0.15, 0.2) is 21.7 Å². The van der Waals surface area contributed by atoms with Gasteiger partial charge in [-0.25, -0.2) is 29.5 Å². The minimum absolute atomic E-state index is 0.0387. The Morgan fingerprint density at radius 1 is 0.444 bits per heavy atom. The normalized spacial score (nSPS) is 16.6. The summed E-state index contributed by atoms with van der Waals surface area (Å²) in [6, 6.07) is 58.2. The van der Waals surface area contributed by atoms with E-state index in [9.17, 15) is 43.5 Å². The van der Waals surface area contributed by atoms with Crippen LogP contribution in [-0.4, -0.2) is 235 Å². The number of nitrogens with one attached hydrogen (secondary N) is 4. The van der Waals surface area contributed by atoms with Crippen LogP contribution in [0.5, 0.6) is 23.0 Å². The summed E-state index contributed by atoms with van der Waals surface area (Å²) in [6.07, 6.45) is 6.47. The summed E-state index contributed by atoms with van der Waals surface area (Å²) in [6.45, 7) is 25.6. The van der Waals surface area contributed by atoms with Gasteiger partial charge in [0, 0.05) is 177 Å². The van der Waals surface area contributed by atoms with Crippen molar-refractivity contribution in [2.24, 2.45) is 14.1 Å². The molecular formula is C110H118N18O14S2. The molecule has 34 heteroatoms. The van der Waals surface area contributed by atoms with E-state index >= 15 is 0 Å². The number of amides is 6. The first-order valence-electron chi connectivity index (χ1n) is 49.6. The lowest BCUT2D eigenvalue weighted by Crippen LogP contribution is -2.47. The molecule has 5 N–H and O–H groups in total. The van der Waals surface area contributed by atoms with Crippen LogP contribution in [0.3, 0.4) is 0 Å². The Balaban J connectivity index is 0.000000183. The van der Waals surface area contributed by atoms with Gasteiger partial charge in [0.2, 0.25) is 23.6 Å². The minimum atomic E-state index is -1.12. The van der Waals surface area contributed by atoms with Crippen LogP contribution in [0, 0.1) is 13.8 Å². The number of para-hydroxylation sites is 2. The second kappa shape index (κ2) is 43.8. The third-order valence-corrected chi connectivity index (χ3v) is 29.6. The van der Waals surface area contributed by atoms with Crippen molar-refractivity contribution in [2.75, 3.05) is 138 Å². The van der Waals surface area contributed by atoms with Gasteiger partial charge in [-0.05, 0) is 228 Å². The highest BCUT2D eigenvalue weighted by Gasteiger charge is 2.36. The molecule has 20 rings (SSSR count). The van der Waals surface area contributed by atoms with Crippen LogP contribution in [0.1, 0.15) is 170 Å². The summed E-state index contributed by atoms with van der Waals surface area (Å²) >= 11 is 2.88. The van der Waals surface area contributed by atoms with Crippen LogP contribution in [0.2, 0.25) is 0 Å². The van der Waals surface area contributed by atoms with Gasteiger partial charge in [-0.3, -0.25) is 59.4 Å². The molecule has 12 heterocycles. The standard InChI is InChI=1S/C57H63N9O7S.C53H55N9O7S/c1-36-39(40-20-22-49(59-52(40)55(70)73-57(2,3)4)66-27-24-37-12-8-14-41(44(37)35-66)53(68)61-56-58-45-15-6-7-17-48(45)74-56)13-9-16-47(36)72-33-11-26-65-30-28-64(29-31-65)25-10-32-71-38-18-19-42-46(34-38)63(5)62-51(42)43-21-23-50(67)60-54(43)69;1-33-36(37-17-19-46(55-49(37)52(66)67)62-24-21-34-9-5-11-38(41(34)32-62)50(64)57-53-54-42-12-3-4-14-45(42)70-53)10-6-13-44(33)69-30-8-23-61-27-25-60(26-28-61)22-7-29-68-35-15-16-39-43(31-35)59(2)58-48(39)40-18-20-47(63)56-51(40)65/h6-9,12-20,22,34,43H,10-11,21,23-33,35H2,1-5H3,(H,58,61,68)(H,60,67,69);3-6,9-17,19,31,40H,7-8,18,20-30,32H2,1-2H3,(H,66,67)(H,54,57,64)(H,56,63,65). The van der Waals surface area contributed by atoms with Crippen LogP contribution >= 0.6 is 22.7 Å². The van der Waals surface area contributed by atoms with E-state index in [1.807, 2.05) is 230 Å². The number of aromatic nitrogens is 8. The van der Waals surface area contributed by atoms with Gasteiger partial charge in [0.1, 0.15) is 40.2 Å². The molecule has 144 heavy (non-hydrogen) atoms. The van der Waals surface area contributed by atoms with Crippen molar-refractivity contribution >= 4 is 134 Å². The number of anilines is 4. The van der Waals surface area contributed by atoms with Gasteiger partial charge in [0.25, 0.3) is 11.8 Å². The Labute approximate surface area is 842 Å². The maximum Gasteiger partial charge on any atom is 0.358 e. The van der Waals surface area contributed by atoms with Crippen LogP contribution in [-0.2, 0) is 63.9 Å². The van der Waals surface area contributed by atoms with Crippen molar-refractivity contribution in [3.63, 3.8) is 0 Å². The Morgan fingerprint density at radius 2 is 0.847 bits per heavy atom. The van der Waals surface area contributed by atoms with E-state index in [0.717, 1.165) is 208 Å². The molecule has 4 saturated heterocycles. The van der Waals surface area contributed by atoms with E-state index < -0.39 is 29.4 Å². The molecule has 32 nitrogen and oxygen atoms in total. The van der Waals surface area contributed by atoms with E-state index in [2.05, 4.69) is 72.0 Å². The Kier molecular flexibility index (Phi) is 29.9. The number of aromatic carboxylic acids is 1. The fourth-order valence-corrected chi connectivity index (χ4v) is 21.8. The molecular weight excluding hydrogens is 1860 g/mol. The number of hydrogen-bond acceptors (Lipinski definition) is 27. The first-order valence-corrected chi connectivity index (χ1v) is 51.2. The van der Waals surface area contributed by atoms with Crippen molar-refractivity contribution in [3.8, 4) is 45.3 Å². The molecule has 744 valence electrons. The van der Waals surface area contributed by atoms with Gasteiger partial charge in [0.05, 0.1) is 81.1 Å². The Morgan fingerprint density at radius 3 is 1.26 bits per heavy atom. The number of carbonyl (C=O) groups excluding carboxylic acids is 7. The van der Waals surface area contributed by atoms with Gasteiger partial charge < -0.3 is 58.2 Å². The van der Waals surface area contributed by atoms with Crippen molar-refractivity contribution < 1.29 is 67.1 Å². The lowest BCUT2D eigenvalue weighted by atomic mass is 9.93. The highest BCUT2D eigenvalue weighted by atomic mass is 32.1. The first-order chi connectivity index (χ1) is 69.8. The van der Waals surface area contributed by atoms with E-state index in [1.165, 1.54) is 22.7 Å². The quantitative estimate of drug-likeness (QED) is 0.0148. The maximum absolute atomic E-state index is 14.0. The third kappa shape index (κ3) is 22.6. The molecule has 6 aliphatic rings. The molecule has 6 aromatic heterocycles. The molecule has 2 atom stereocenters. The van der Waals surface area contributed by atoms with Gasteiger partial charge >= 0.3 is 11.9 Å². The summed E-state index contributed by atoms with van der Waals surface area (Å²) in [4.78, 5) is 136. The predicted molar refractivity (Wildman–Crippen MR) is 556 cm³/mol. The predicted octanol–water partition coefficient (Wildman–Crippen LogP) is 16.1. The Hall–Kier alpha value is -14.4. The van der Waals surface area contributed by atoms with E-state index in [4.69, 9.17) is 33.7 Å². The number of imide groups is 2. The molecule has 0 bridgehead atoms. The number of rotatable bonds is 32. The highest BCUT2D eigenvalue weighted by Crippen LogP contribution is 2.41. The molecule has 2 unspecified atom stereocenters. The zero-order valence-corrected chi connectivity index (χ0v) is 83.7. The van der Waals surface area contributed by atoms with Crippen molar-refractivity contribution in [1.82, 2.24) is 69.7 Å². The van der Waals surface area contributed by atoms with Crippen molar-refractivity contribution in [1.29, 1.82) is 0 Å². The zero-order chi connectivity index (χ0) is 99.8. The number of carboxylic acid groups (broad SMARTS) is 1. The van der Waals surface area contributed by atoms with Crippen molar-refractivity contribution in [3.05, 3.63) is 249 Å². The molecule has 0 saturated carbocycles. The Bertz CT molecular complexity index is 7150. The number of nitrogens with zero attached hydrogens (tertiary/aromatic N) is 14. The van der Waals surface area contributed by atoms with Crippen LogP contribution in [0.25, 0.3) is 64.5 Å². The lowest BCUT2D eigenvalue weighted by molar-refractivity contribution is -0.135. The monoisotopic (exact) mass is 1980 g/mol. The number of piperidine rings is 2. The molecule has 0 aliphatic carbocycles. The molecule has 6 aliphatic heterocycles. The number of carbonyl (C=O) groups is 8.